The molecule has 0 aliphatic heterocycles. The average molecular weight is 434 g/mol. The summed E-state index contributed by atoms with van der Waals surface area (Å²) in [4.78, 5) is 41.6. The fourth-order valence-corrected chi connectivity index (χ4v) is 3.05. The van der Waals surface area contributed by atoms with Crippen LogP contribution in [0.4, 0.5) is 11.6 Å². The second-order valence-electron chi connectivity index (χ2n) is 7.62. The third-order valence-electron chi connectivity index (χ3n) is 4.80. The summed E-state index contributed by atoms with van der Waals surface area (Å²) in [7, 11) is 5.81. The Hall–Kier alpha value is -3.85. The van der Waals surface area contributed by atoms with Crippen molar-refractivity contribution in [1.82, 2.24) is 24.8 Å². The summed E-state index contributed by atoms with van der Waals surface area (Å²) in [5, 5.41) is 2.65. The first kappa shape index (κ1) is 22.8. The molecule has 2 aromatic heterocycles. The predicted octanol–water partition coefficient (Wildman–Crippen LogP) is 2.40. The van der Waals surface area contributed by atoms with Crippen LogP contribution in [0, 0.1) is 0 Å². The average Bonchev–Trinajstić information content (AvgIpc) is 2.79. The summed E-state index contributed by atoms with van der Waals surface area (Å²) >= 11 is 0. The summed E-state index contributed by atoms with van der Waals surface area (Å²) in [6, 6.07) is 12.2. The van der Waals surface area contributed by atoms with Gasteiger partial charge < -0.3 is 20.9 Å². The van der Waals surface area contributed by atoms with Gasteiger partial charge in [0.2, 0.25) is 0 Å². The summed E-state index contributed by atoms with van der Waals surface area (Å²) in [6.07, 6.45) is 3.97. The maximum absolute atomic E-state index is 12.6. The molecule has 2 heterocycles. The zero-order valence-electron chi connectivity index (χ0n) is 18.4. The Morgan fingerprint density at radius 1 is 1.00 bits per heavy atom. The molecule has 0 saturated carbocycles. The maximum Gasteiger partial charge on any atom is 0.279 e. The molecule has 2 amide bonds. The Morgan fingerprint density at radius 3 is 2.41 bits per heavy atom. The van der Waals surface area contributed by atoms with Gasteiger partial charge in [0.05, 0.1) is 11.9 Å². The number of nitrogen functional groups attached to an aromatic ring is 1. The molecule has 1 aromatic carbocycles. The second kappa shape index (κ2) is 10.5. The molecule has 0 fully saturated rings. The normalized spacial score (nSPS) is 10.8. The molecule has 0 bridgehead atoms. The van der Waals surface area contributed by atoms with E-state index in [9.17, 15) is 9.59 Å². The van der Waals surface area contributed by atoms with E-state index < -0.39 is 5.91 Å². The Bertz CT molecular complexity index is 1070. The van der Waals surface area contributed by atoms with Gasteiger partial charge in [-0.15, -0.1) is 0 Å². The predicted molar refractivity (Wildman–Crippen MR) is 124 cm³/mol. The van der Waals surface area contributed by atoms with Gasteiger partial charge in [-0.3, -0.25) is 9.59 Å². The first-order chi connectivity index (χ1) is 15.3. The molecule has 9 heteroatoms. The number of hydrogen-bond donors (Lipinski definition) is 2. The van der Waals surface area contributed by atoms with Crippen molar-refractivity contribution in [2.75, 3.05) is 45.3 Å². The number of rotatable bonds is 8. The van der Waals surface area contributed by atoms with E-state index in [0.29, 0.717) is 23.6 Å². The van der Waals surface area contributed by atoms with Crippen LogP contribution in [0.3, 0.4) is 0 Å². The van der Waals surface area contributed by atoms with Crippen LogP contribution in [0.1, 0.15) is 27.3 Å². The quantitative estimate of drug-likeness (QED) is 0.560. The Morgan fingerprint density at radius 2 is 1.75 bits per heavy atom. The van der Waals surface area contributed by atoms with Crippen molar-refractivity contribution in [3.05, 3.63) is 66.1 Å². The van der Waals surface area contributed by atoms with E-state index in [2.05, 4.69) is 25.2 Å². The van der Waals surface area contributed by atoms with Crippen molar-refractivity contribution in [2.45, 2.75) is 6.42 Å². The largest absolute Gasteiger partial charge is 0.382 e. The standard InChI is InChI=1S/C23H27N7O2/c1-29(2)13-6-14-30(3)23(32)17-10-8-16(9-11-17)18-15-26-21(24)20(27-18)22(31)28-19-7-4-5-12-25-19/h4-5,7-12,15H,6,13-14H2,1-3H3,(H2,24,26)(H,25,28,31). The fraction of sp³-hybridized carbons (Fsp3) is 0.261. The van der Waals surface area contributed by atoms with Crippen LogP contribution in [0.25, 0.3) is 11.3 Å². The van der Waals surface area contributed by atoms with E-state index in [0.717, 1.165) is 18.5 Å². The third-order valence-corrected chi connectivity index (χ3v) is 4.80. The highest BCUT2D eigenvalue weighted by Crippen LogP contribution is 2.20. The van der Waals surface area contributed by atoms with Crippen LogP contribution in [-0.2, 0) is 0 Å². The summed E-state index contributed by atoms with van der Waals surface area (Å²) in [6.45, 7) is 1.60. The number of anilines is 2. The lowest BCUT2D eigenvalue weighted by Crippen LogP contribution is -2.29. The molecule has 3 N–H and O–H groups in total. The molecule has 0 radical (unpaired) electrons. The van der Waals surface area contributed by atoms with Gasteiger partial charge in [0.15, 0.2) is 11.5 Å². The minimum atomic E-state index is -0.498. The first-order valence-corrected chi connectivity index (χ1v) is 10.2. The highest BCUT2D eigenvalue weighted by Gasteiger charge is 2.16. The first-order valence-electron chi connectivity index (χ1n) is 10.2. The number of carbonyl (C=O) groups is 2. The lowest BCUT2D eigenvalue weighted by atomic mass is 10.1. The summed E-state index contributed by atoms with van der Waals surface area (Å²) in [5.74, 6) is -0.134. The molecule has 0 spiro atoms. The van der Waals surface area contributed by atoms with Gasteiger partial charge >= 0.3 is 0 Å². The van der Waals surface area contributed by atoms with Crippen molar-refractivity contribution >= 4 is 23.5 Å². The number of pyridine rings is 1. The van der Waals surface area contributed by atoms with E-state index in [1.165, 1.54) is 6.20 Å². The van der Waals surface area contributed by atoms with Gasteiger partial charge in [0, 0.05) is 30.9 Å². The molecule has 3 rings (SSSR count). The number of hydrogen-bond acceptors (Lipinski definition) is 7. The molecule has 0 aliphatic rings. The molecular formula is C23H27N7O2. The van der Waals surface area contributed by atoms with Crippen LogP contribution < -0.4 is 11.1 Å². The monoisotopic (exact) mass is 433 g/mol. The van der Waals surface area contributed by atoms with Crippen molar-refractivity contribution < 1.29 is 9.59 Å². The van der Waals surface area contributed by atoms with Gasteiger partial charge in [-0.2, -0.15) is 0 Å². The zero-order chi connectivity index (χ0) is 23.1. The van der Waals surface area contributed by atoms with Crippen LogP contribution in [0.5, 0.6) is 0 Å². The highest BCUT2D eigenvalue weighted by atomic mass is 16.2. The van der Waals surface area contributed by atoms with Gasteiger partial charge in [0.1, 0.15) is 5.82 Å². The number of nitrogens with one attached hydrogen (secondary N) is 1. The molecule has 32 heavy (non-hydrogen) atoms. The van der Waals surface area contributed by atoms with Gasteiger partial charge in [-0.05, 0) is 51.3 Å². The Balaban J connectivity index is 1.72. The lowest BCUT2D eigenvalue weighted by molar-refractivity contribution is 0.0790. The van der Waals surface area contributed by atoms with Crippen LogP contribution in [0.15, 0.2) is 54.9 Å². The maximum atomic E-state index is 12.6. The van der Waals surface area contributed by atoms with Gasteiger partial charge in [-0.1, -0.05) is 18.2 Å². The van der Waals surface area contributed by atoms with E-state index in [1.807, 2.05) is 14.1 Å². The Kier molecular flexibility index (Phi) is 7.45. The van der Waals surface area contributed by atoms with Crippen LogP contribution in [0.2, 0.25) is 0 Å². The number of aromatic nitrogens is 3. The molecule has 9 nitrogen and oxygen atoms in total. The number of carbonyl (C=O) groups excluding carboxylic acids is 2. The van der Waals surface area contributed by atoms with Crippen molar-refractivity contribution in [1.29, 1.82) is 0 Å². The minimum absolute atomic E-state index is 0.00827. The lowest BCUT2D eigenvalue weighted by Gasteiger charge is -2.18. The van der Waals surface area contributed by atoms with Crippen molar-refractivity contribution in [2.24, 2.45) is 0 Å². The van der Waals surface area contributed by atoms with Crippen LogP contribution >= 0.6 is 0 Å². The number of benzene rings is 1. The number of amides is 2. The highest BCUT2D eigenvalue weighted by molar-refractivity contribution is 6.05. The zero-order valence-corrected chi connectivity index (χ0v) is 18.4. The van der Waals surface area contributed by atoms with Gasteiger partial charge in [-0.25, -0.2) is 15.0 Å². The smallest absolute Gasteiger partial charge is 0.279 e. The summed E-state index contributed by atoms with van der Waals surface area (Å²) in [5.41, 5.74) is 7.65. The SMILES string of the molecule is CN(C)CCCN(C)C(=O)c1ccc(-c2cnc(N)c(C(=O)Nc3ccccn3)n2)cc1. The fourth-order valence-electron chi connectivity index (χ4n) is 3.05. The van der Waals surface area contributed by atoms with Gasteiger partial charge in [0.25, 0.3) is 11.8 Å². The van der Waals surface area contributed by atoms with E-state index in [1.54, 1.807) is 60.6 Å². The topological polar surface area (TPSA) is 117 Å². The van der Waals surface area contributed by atoms with Crippen LogP contribution in [-0.4, -0.2) is 70.8 Å². The van der Waals surface area contributed by atoms with E-state index >= 15 is 0 Å². The van der Waals surface area contributed by atoms with Crippen molar-refractivity contribution in [3.63, 3.8) is 0 Å². The summed E-state index contributed by atoms with van der Waals surface area (Å²) < 4.78 is 0. The number of nitrogens with zero attached hydrogens (tertiary/aromatic N) is 5. The molecule has 0 unspecified atom stereocenters. The minimum Gasteiger partial charge on any atom is -0.382 e. The molecule has 0 aliphatic carbocycles. The van der Waals surface area contributed by atoms with E-state index in [4.69, 9.17) is 5.73 Å². The Labute approximate surface area is 187 Å². The second-order valence-corrected chi connectivity index (χ2v) is 7.62. The molecule has 166 valence electrons. The molecule has 3 aromatic rings. The van der Waals surface area contributed by atoms with Crippen molar-refractivity contribution in [3.8, 4) is 11.3 Å². The molecule has 0 atom stereocenters. The third kappa shape index (κ3) is 5.86. The molecule has 0 saturated heterocycles. The van der Waals surface area contributed by atoms with E-state index in [-0.39, 0.29) is 17.4 Å². The number of nitrogens with two attached hydrogens (primary N) is 1. The molecular weight excluding hydrogens is 406 g/mol.